The molecule has 0 radical (unpaired) electrons. The average Bonchev–Trinajstić information content (AvgIpc) is 2.35. The maximum Gasteiger partial charge on any atom is 0.273 e. The van der Waals surface area contributed by atoms with Gasteiger partial charge in [0, 0.05) is 20.7 Å². The van der Waals surface area contributed by atoms with Crippen molar-refractivity contribution in [3.8, 4) is 0 Å². The van der Waals surface area contributed by atoms with Gasteiger partial charge in [-0.05, 0) is 0 Å². The molecule has 0 spiro atoms. The normalized spacial score (nSPS) is 9.94. The molecule has 0 aromatic carbocycles. The van der Waals surface area contributed by atoms with Crippen LogP contribution in [0, 0.1) is 0 Å². The molecule has 0 unspecified atom stereocenters. The first kappa shape index (κ1) is 12.3. The Bertz CT molecular complexity index is 340. The summed E-state index contributed by atoms with van der Waals surface area (Å²) >= 11 is 0. The smallest absolute Gasteiger partial charge is 0.273 e. The van der Waals surface area contributed by atoms with Crippen molar-refractivity contribution in [2.45, 2.75) is 0 Å². The zero-order valence-electron chi connectivity index (χ0n) is 9.30. The van der Waals surface area contributed by atoms with E-state index in [1.165, 1.54) is 17.3 Å². The molecule has 0 saturated heterocycles. The van der Waals surface area contributed by atoms with Crippen LogP contribution in [0.1, 0.15) is 10.5 Å². The summed E-state index contributed by atoms with van der Waals surface area (Å²) in [7, 11) is 3.26. The van der Waals surface area contributed by atoms with Gasteiger partial charge in [-0.1, -0.05) is 0 Å². The second kappa shape index (κ2) is 5.99. The molecule has 0 bridgehead atoms. The van der Waals surface area contributed by atoms with Gasteiger partial charge in [-0.3, -0.25) is 4.79 Å². The van der Waals surface area contributed by atoms with Crippen LogP contribution in [0.2, 0.25) is 0 Å². The summed E-state index contributed by atoms with van der Waals surface area (Å²) in [6.07, 6.45) is 2.78. The van der Waals surface area contributed by atoms with Crippen LogP contribution in [0.4, 0.5) is 5.82 Å². The molecule has 1 aromatic rings. The lowest BCUT2D eigenvalue weighted by molar-refractivity contribution is 0.0738. The molecule has 16 heavy (non-hydrogen) atoms. The molecule has 1 aromatic heterocycles. The minimum absolute atomic E-state index is 0.201. The molecule has 7 nitrogen and oxygen atoms in total. The van der Waals surface area contributed by atoms with Gasteiger partial charge < -0.3 is 15.1 Å². The fourth-order valence-corrected chi connectivity index (χ4v) is 1.04. The van der Waals surface area contributed by atoms with E-state index < -0.39 is 0 Å². The van der Waals surface area contributed by atoms with Gasteiger partial charge in [0.05, 0.1) is 19.0 Å². The molecule has 0 aliphatic carbocycles. The van der Waals surface area contributed by atoms with Crippen LogP contribution < -0.4 is 11.3 Å². The van der Waals surface area contributed by atoms with E-state index in [1.807, 2.05) is 0 Å². The number of amides is 1. The molecular formula is C9H15N5O2. The largest absolute Gasteiger partial charge is 0.383 e. The zero-order chi connectivity index (χ0) is 12.0. The number of ether oxygens (including phenoxy) is 1. The highest BCUT2D eigenvalue weighted by Gasteiger charge is 2.12. The van der Waals surface area contributed by atoms with Crippen LogP contribution in [0.25, 0.3) is 0 Å². The third-order valence-corrected chi connectivity index (χ3v) is 2.00. The third-order valence-electron chi connectivity index (χ3n) is 2.00. The molecule has 3 N–H and O–H groups in total. The number of anilines is 1. The summed E-state index contributed by atoms with van der Waals surface area (Å²) in [6, 6.07) is 0. The number of rotatable bonds is 5. The van der Waals surface area contributed by atoms with Crippen molar-refractivity contribution in [3.63, 3.8) is 0 Å². The van der Waals surface area contributed by atoms with Crippen molar-refractivity contribution in [1.82, 2.24) is 14.9 Å². The Morgan fingerprint density at radius 2 is 2.31 bits per heavy atom. The van der Waals surface area contributed by atoms with Crippen LogP contribution in [-0.4, -0.2) is 48.1 Å². The first-order chi connectivity index (χ1) is 7.69. The summed E-state index contributed by atoms with van der Waals surface area (Å²) in [6.45, 7) is 0.992. The topological polar surface area (TPSA) is 93.4 Å². The van der Waals surface area contributed by atoms with Crippen molar-refractivity contribution in [2.75, 3.05) is 32.7 Å². The number of nitrogen functional groups attached to an aromatic ring is 1. The van der Waals surface area contributed by atoms with Crippen molar-refractivity contribution in [2.24, 2.45) is 5.84 Å². The minimum atomic E-state index is -0.201. The Kier molecular flexibility index (Phi) is 4.62. The van der Waals surface area contributed by atoms with Gasteiger partial charge in [0.25, 0.3) is 5.91 Å². The monoisotopic (exact) mass is 225 g/mol. The molecule has 7 heteroatoms. The van der Waals surface area contributed by atoms with E-state index in [2.05, 4.69) is 15.4 Å². The van der Waals surface area contributed by atoms with Crippen LogP contribution in [-0.2, 0) is 4.74 Å². The van der Waals surface area contributed by atoms with Crippen LogP contribution in [0.15, 0.2) is 12.4 Å². The van der Waals surface area contributed by atoms with Gasteiger partial charge in [-0.2, -0.15) is 0 Å². The fraction of sp³-hybridized carbons (Fsp3) is 0.444. The molecule has 0 aliphatic rings. The van der Waals surface area contributed by atoms with Gasteiger partial charge in [0.1, 0.15) is 5.69 Å². The van der Waals surface area contributed by atoms with Crippen molar-refractivity contribution in [3.05, 3.63) is 18.1 Å². The summed E-state index contributed by atoms with van der Waals surface area (Å²) in [5.74, 6) is 5.35. The number of carbonyl (C=O) groups is 1. The number of carbonyl (C=O) groups excluding carboxylic acids is 1. The number of likely N-dealkylation sites (N-methyl/N-ethyl adjacent to an activating group) is 1. The highest BCUT2D eigenvalue weighted by Crippen LogP contribution is 2.01. The number of hydrogen-bond donors (Lipinski definition) is 2. The fourth-order valence-electron chi connectivity index (χ4n) is 1.04. The van der Waals surface area contributed by atoms with E-state index in [0.29, 0.717) is 19.0 Å². The molecule has 0 fully saturated rings. The van der Waals surface area contributed by atoms with E-state index in [9.17, 15) is 4.79 Å². The Hall–Kier alpha value is -1.73. The Labute approximate surface area is 93.6 Å². The highest BCUT2D eigenvalue weighted by molar-refractivity contribution is 5.91. The van der Waals surface area contributed by atoms with Crippen LogP contribution in [0.3, 0.4) is 0 Å². The standard InChI is InChI=1S/C9H15N5O2/c1-14(3-4-16-2)9(15)7-5-12-8(13-10)6-11-7/h5-6H,3-4,10H2,1-2H3,(H,12,13). The number of hydrazine groups is 1. The van der Waals surface area contributed by atoms with Crippen LogP contribution in [0.5, 0.6) is 0 Å². The average molecular weight is 225 g/mol. The van der Waals surface area contributed by atoms with E-state index in [-0.39, 0.29) is 11.6 Å². The first-order valence-electron chi connectivity index (χ1n) is 4.72. The molecule has 0 aliphatic heterocycles. The van der Waals surface area contributed by atoms with Crippen molar-refractivity contribution in [1.29, 1.82) is 0 Å². The van der Waals surface area contributed by atoms with Gasteiger partial charge in [0.2, 0.25) is 0 Å². The number of nitrogens with one attached hydrogen (secondary N) is 1. The zero-order valence-corrected chi connectivity index (χ0v) is 9.30. The van der Waals surface area contributed by atoms with Gasteiger partial charge in [-0.15, -0.1) is 0 Å². The van der Waals surface area contributed by atoms with E-state index in [0.717, 1.165) is 0 Å². The predicted molar refractivity (Wildman–Crippen MR) is 58.7 cm³/mol. The summed E-state index contributed by atoms with van der Waals surface area (Å²) < 4.78 is 4.88. The number of aromatic nitrogens is 2. The second-order valence-corrected chi connectivity index (χ2v) is 3.15. The maximum absolute atomic E-state index is 11.8. The maximum atomic E-state index is 11.8. The van der Waals surface area contributed by atoms with Crippen molar-refractivity contribution < 1.29 is 9.53 Å². The molecule has 0 saturated carbocycles. The van der Waals surface area contributed by atoms with Gasteiger partial charge in [-0.25, -0.2) is 15.8 Å². The number of nitrogens with two attached hydrogens (primary N) is 1. The summed E-state index contributed by atoms with van der Waals surface area (Å²) in [5, 5.41) is 0. The Morgan fingerprint density at radius 1 is 1.56 bits per heavy atom. The Morgan fingerprint density at radius 3 is 2.81 bits per heavy atom. The minimum Gasteiger partial charge on any atom is -0.383 e. The third kappa shape index (κ3) is 3.14. The van der Waals surface area contributed by atoms with E-state index >= 15 is 0 Å². The van der Waals surface area contributed by atoms with Gasteiger partial charge in [0.15, 0.2) is 5.82 Å². The molecular weight excluding hydrogens is 210 g/mol. The quantitative estimate of drug-likeness (QED) is 0.517. The lowest BCUT2D eigenvalue weighted by Gasteiger charge is -2.15. The highest BCUT2D eigenvalue weighted by atomic mass is 16.5. The lowest BCUT2D eigenvalue weighted by Crippen LogP contribution is -2.30. The summed E-state index contributed by atoms with van der Waals surface area (Å²) in [4.78, 5) is 21.1. The van der Waals surface area contributed by atoms with E-state index in [4.69, 9.17) is 10.6 Å². The molecule has 1 heterocycles. The second-order valence-electron chi connectivity index (χ2n) is 3.15. The number of nitrogens with zero attached hydrogens (tertiary/aromatic N) is 3. The number of hydrogen-bond acceptors (Lipinski definition) is 6. The van der Waals surface area contributed by atoms with Crippen molar-refractivity contribution >= 4 is 11.7 Å². The number of methoxy groups -OCH3 is 1. The molecule has 88 valence electrons. The lowest BCUT2D eigenvalue weighted by atomic mass is 10.4. The first-order valence-corrected chi connectivity index (χ1v) is 4.72. The Balaban J connectivity index is 2.64. The molecule has 1 rings (SSSR count). The molecule has 1 amide bonds. The van der Waals surface area contributed by atoms with Crippen LogP contribution >= 0.6 is 0 Å². The SMILES string of the molecule is COCCN(C)C(=O)c1cnc(NN)cn1. The summed E-state index contributed by atoms with van der Waals surface area (Å²) in [5.41, 5.74) is 2.61. The predicted octanol–water partition coefficient (Wildman–Crippen LogP) is -0.519. The molecule has 0 atom stereocenters. The van der Waals surface area contributed by atoms with E-state index in [1.54, 1.807) is 14.2 Å². The van der Waals surface area contributed by atoms with Gasteiger partial charge >= 0.3 is 0 Å².